The molecule has 0 saturated heterocycles. The second-order valence-electron chi connectivity index (χ2n) is 4.35. The Morgan fingerprint density at radius 3 is 2.61 bits per heavy atom. The summed E-state index contributed by atoms with van der Waals surface area (Å²) in [5.74, 6) is 0. The van der Waals surface area contributed by atoms with Crippen molar-refractivity contribution in [3.63, 3.8) is 0 Å². The summed E-state index contributed by atoms with van der Waals surface area (Å²) in [7, 11) is -3.51. The van der Waals surface area contributed by atoms with Crippen LogP contribution in [0.15, 0.2) is 35.2 Å². The van der Waals surface area contributed by atoms with Crippen molar-refractivity contribution in [2.75, 3.05) is 6.61 Å². The van der Waals surface area contributed by atoms with Gasteiger partial charge in [0.1, 0.15) is 0 Å². The third-order valence-corrected chi connectivity index (χ3v) is 4.57. The van der Waals surface area contributed by atoms with E-state index in [1.165, 1.54) is 0 Å². The zero-order valence-corrected chi connectivity index (χ0v) is 11.1. The Kier molecular flexibility index (Phi) is 4.01. The Labute approximate surface area is 107 Å². The maximum Gasteiger partial charge on any atom is 0.240 e. The molecule has 1 aromatic carbocycles. The lowest BCUT2D eigenvalue weighted by Gasteiger charge is -2.42. The third-order valence-electron chi connectivity index (χ3n) is 3.09. The average Bonchev–Trinajstić information content (AvgIpc) is 2.37. The molecule has 1 aliphatic rings. The van der Waals surface area contributed by atoms with Crippen molar-refractivity contribution in [2.24, 2.45) is 5.73 Å². The maximum atomic E-state index is 12.1. The first-order valence-electron chi connectivity index (χ1n) is 5.99. The second-order valence-corrected chi connectivity index (χ2v) is 6.07. The van der Waals surface area contributed by atoms with E-state index >= 15 is 0 Å². The van der Waals surface area contributed by atoms with Crippen LogP contribution in [0.25, 0.3) is 0 Å². The molecule has 0 bridgehead atoms. The van der Waals surface area contributed by atoms with Crippen molar-refractivity contribution >= 4 is 10.0 Å². The van der Waals surface area contributed by atoms with Gasteiger partial charge in [-0.15, -0.1) is 0 Å². The molecule has 3 unspecified atom stereocenters. The molecule has 100 valence electrons. The summed E-state index contributed by atoms with van der Waals surface area (Å²) in [6, 6.07) is 7.75. The van der Waals surface area contributed by atoms with Gasteiger partial charge in [0.05, 0.1) is 17.0 Å². The zero-order valence-electron chi connectivity index (χ0n) is 10.2. The molecule has 0 amide bonds. The smallest absolute Gasteiger partial charge is 0.240 e. The molecule has 5 nitrogen and oxygen atoms in total. The molecular weight excluding hydrogens is 252 g/mol. The summed E-state index contributed by atoms with van der Waals surface area (Å²) >= 11 is 0. The third kappa shape index (κ3) is 2.72. The standard InChI is InChI=1S/C12H18N2O3S/c1-2-17-11-8-10(13)12(11)14-18(15,16)9-6-4-3-5-7-9/h3-7,10-12,14H,2,8,13H2,1H3. The Bertz CT molecular complexity index is 487. The van der Waals surface area contributed by atoms with Crippen LogP contribution >= 0.6 is 0 Å². The molecule has 18 heavy (non-hydrogen) atoms. The predicted molar refractivity (Wildman–Crippen MR) is 68.6 cm³/mol. The molecule has 3 atom stereocenters. The quantitative estimate of drug-likeness (QED) is 0.815. The van der Waals surface area contributed by atoms with Gasteiger partial charge in [-0.3, -0.25) is 0 Å². The first-order chi connectivity index (χ1) is 8.54. The zero-order chi connectivity index (χ0) is 13.2. The number of hydrogen-bond acceptors (Lipinski definition) is 4. The number of rotatable bonds is 5. The number of nitrogens with two attached hydrogens (primary N) is 1. The Balaban J connectivity index is 2.09. The lowest BCUT2D eigenvalue weighted by molar-refractivity contribution is -0.0248. The molecule has 0 radical (unpaired) electrons. The van der Waals surface area contributed by atoms with E-state index in [9.17, 15) is 8.42 Å². The molecule has 0 aromatic heterocycles. The van der Waals surface area contributed by atoms with Gasteiger partial charge in [0, 0.05) is 12.6 Å². The van der Waals surface area contributed by atoms with E-state index < -0.39 is 10.0 Å². The Morgan fingerprint density at radius 1 is 1.39 bits per heavy atom. The predicted octanol–water partition coefficient (Wildman–Crippen LogP) is 0.470. The van der Waals surface area contributed by atoms with Gasteiger partial charge in [-0.05, 0) is 25.5 Å². The van der Waals surface area contributed by atoms with Crippen LogP contribution in [0, 0.1) is 0 Å². The minimum absolute atomic E-state index is 0.122. The van der Waals surface area contributed by atoms with Crippen molar-refractivity contribution in [1.82, 2.24) is 4.72 Å². The largest absolute Gasteiger partial charge is 0.377 e. The van der Waals surface area contributed by atoms with Gasteiger partial charge in [-0.25, -0.2) is 13.1 Å². The molecule has 0 heterocycles. The molecule has 3 N–H and O–H groups in total. The van der Waals surface area contributed by atoms with Gasteiger partial charge in [-0.2, -0.15) is 0 Å². The average molecular weight is 270 g/mol. The normalized spacial score (nSPS) is 27.8. The molecule has 0 spiro atoms. The van der Waals surface area contributed by atoms with Crippen LogP contribution < -0.4 is 10.5 Å². The van der Waals surface area contributed by atoms with Crippen LogP contribution in [-0.4, -0.2) is 33.2 Å². The molecule has 2 rings (SSSR count). The number of nitrogens with one attached hydrogen (secondary N) is 1. The van der Waals surface area contributed by atoms with Crippen molar-refractivity contribution in [3.8, 4) is 0 Å². The van der Waals surface area contributed by atoms with Gasteiger partial charge < -0.3 is 10.5 Å². The van der Waals surface area contributed by atoms with E-state index in [0.29, 0.717) is 13.0 Å². The molecular formula is C12H18N2O3S. The van der Waals surface area contributed by atoms with Crippen molar-refractivity contribution in [2.45, 2.75) is 36.4 Å². The van der Waals surface area contributed by atoms with Crippen molar-refractivity contribution < 1.29 is 13.2 Å². The topological polar surface area (TPSA) is 81.4 Å². The van der Waals surface area contributed by atoms with Gasteiger partial charge in [-0.1, -0.05) is 18.2 Å². The lowest BCUT2D eigenvalue weighted by atomic mass is 9.84. The lowest BCUT2D eigenvalue weighted by Crippen LogP contribution is -2.64. The van der Waals surface area contributed by atoms with Crippen molar-refractivity contribution in [1.29, 1.82) is 0 Å². The van der Waals surface area contributed by atoms with E-state index in [2.05, 4.69) is 4.72 Å². The second kappa shape index (κ2) is 5.36. The fourth-order valence-corrected chi connectivity index (χ4v) is 3.37. The highest BCUT2D eigenvalue weighted by Gasteiger charge is 2.41. The van der Waals surface area contributed by atoms with E-state index in [0.717, 1.165) is 0 Å². The Morgan fingerprint density at radius 2 is 2.06 bits per heavy atom. The summed E-state index contributed by atoms with van der Waals surface area (Å²) in [4.78, 5) is 0.249. The van der Waals surface area contributed by atoms with Crippen LogP contribution in [0.1, 0.15) is 13.3 Å². The first-order valence-corrected chi connectivity index (χ1v) is 7.47. The summed E-state index contributed by atoms with van der Waals surface area (Å²) < 4.78 is 32.3. The van der Waals surface area contributed by atoms with Gasteiger partial charge in [0.15, 0.2) is 0 Å². The molecule has 1 saturated carbocycles. The number of ether oxygens (including phenoxy) is 1. The van der Waals surface area contributed by atoms with E-state index in [4.69, 9.17) is 10.5 Å². The van der Waals surface area contributed by atoms with Crippen LogP contribution in [0.2, 0.25) is 0 Å². The molecule has 6 heteroatoms. The molecule has 0 aliphatic heterocycles. The highest BCUT2D eigenvalue weighted by molar-refractivity contribution is 7.89. The summed E-state index contributed by atoms with van der Waals surface area (Å²) in [5, 5.41) is 0. The highest BCUT2D eigenvalue weighted by atomic mass is 32.2. The van der Waals surface area contributed by atoms with Crippen LogP contribution in [0.4, 0.5) is 0 Å². The van der Waals surface area contributed by atoms with E-state index in [1.54, 1.807) is 30.3 Å². The molecule has 1 fully saturated rings. The van der Waals surface area contributed by atoms with Gasteiger partial charge in [0.2, 0.25) is 10.0 Å². The number of benzene rings is 1. The monoisotopic (exact) mass is 270 g/mol. The minimum atomic E-state index is -3.51. The fourth-order valence-electron chi connectivity index (χ4n) is 2.04. The van der Waals surface area contributed by atoms with E-state index in [-0.39, 0.29) is 23.1 Å². The summed E-state index contributed by atoms with van der Waals surface area (Å²) in [5.41, 5.74) is 5.82. The summed E-state index contributed by atoms with van der Waals surface area (Å²) in [6.07, 6.45) is 0.569. The van der Waals surface area contributed by atoms with Crippen LogP contribution in [0.5, 0.6) is 0 Å². The molecule has 1 aromatic rings. The van der Waals surface area contributed by atoms with Crippen molar-refractivity contribution in [3.05, 3.63) is 30.3 Å². The Hall–Kier alpha value is -0.950. The van der Waals surface area contributed by atoms with Gasteiger partial charge in [0.25, 0.3) is 0 Å². The van der Waals surface area contributed by atoms with Gasteiger partial charge >= 0.3 is 0 Å². The first kappa shape index (κ1) is 13.5. The maximum absolute atomic E-state index is 12.1. The molecule has 1 aliphatic carbocycles. The summed E-state index contributed by atoms with van der Waals surface area (Å²) in [6.45, 7) is 2.44. The highest BCUT2D eigenvalue weighted by Crippen LogP contribution is 2.24. The van der Waals surface area contributed by atoms with Crippen LogP contribution in [0.3, 0.4) is 0 Å². The number of sulfonamides is 1. The van der Waals surface area contributed by atoms with E-state index in [1.807, 2.05) is 6.92 Å². The van der Waals surface area contributed by atoms with Crippen LogP contribution in [-0.2, 0) is 14.8 Å². The number of hydrogen-bond donors (Lipinski definition) is 2. The fraction of sp³-hybridized carbons (Fsp3) is 0.500. The SMILES string of the molecule is CCOC1CC(N)C1NS(=O)(=O)c1ccccc1. The minimum Gasteiger partial charge on any atom is -0.377 e.